The molecular formula is C10H19N3O2. The number of hydrogen-bond acceptors (Lipinski definition) is 3. The molecule has 1 fully saturated rings. The maximum Gasteiger partial charge on any atom is 0.240 e. The van der Waals surface area contributed by atoms with Crippen LogP contribution in [0.3, 0.4) is 0 Å². The van der Waals surface area contributed by atoms with Crippen molar-refractivity contribution in [3.63, 3.8) is 0 Å². The van der Waals surface area contributed by atoms with Gasteiger partial charge in [-0.25, -0.2) is 0 Å². The first kappa shape index (κ1) is 12.0. The molecule has 1 saturated heterocycles. The van der Waals surface area contributed by atoms with Gasteiger partial charge in [0.05, 0.1) is 0 Å². The Morgan fingerprint density at radius 2 is 2.13 bits per heavy atom. The molecule has 1 aliphatic rings. The second-order valence-electron chi connectivity index (χ2n) is 4.44. The topological polar surface area (TPSA) is 89.4 Å². The molecule has 0 aromatic heterocycles. The Hall–Kier alpha value is -1.10. The summed E-state index contributed by atoms with van der Waals surface area (Å²) < 4.78 is 0. The summed E-state index contributed by atoms with van der Waals surface area (Å²) in [5.41, 5.74) is 11.1. The third-order valence-electron chi connectivity index (χ3n) is 2.74. The highest BCUT2D eigenvalue weighted by Gasteiger charge is 2.34. The molecule has 4 N–H and O–H groups in total. The number of nitrogens with two attached hydrogens (primary N) is 2. The number of carbonyl (C=O) groups excluding carboxylic acids is 2. The van der Waals surface area contributed by atoms with E-state index in [1.807, 2.05) is 13.8 Å². The molecular weight excluding hydrogens is 194 g/mol. The minimum Gasteiger partial charge on any atom is -0.368 e. The first-order valence-corrected chi connectivity index (χ1v) is 5.28. The van der Waals surface area contributed by atoms with E-state index in [1.165, 1.54) is 4.90 Å². The van der Waals surface area contributed by atoms with Gasteiger partial charge in [0.1, 0.15) is 6.04 Å². The minimum atomic E-state index is -0.524. The van der Waals surface area contributed by atoms with Gasteiger partial charge < -0.3 is 16.4 Å². The van der Waals surface area contributed by atoms with Crippen molar-refractivity contribution in [1.29, 1.82) is 0 Å². The monoisotopic (exact) mass is 213 g/mol. The highest BCUT2D eigenvalue weighted by atomic mass is 16.2. The number of likely N-dealkylation sites (tertiary alicyclic amines) is 1. The molecule has 0 aromatic rings. The van der Waals surface area contributed by atoms with E-state index in [9.17, 15) is 9.59 Å². The standard InChI is InChI=1S/C10H19N3O2/c1-6(2)9(10(12)15)13-5-7(11)3-4-8(13)14/h6-7,9H,3-5,11H2,1-2H3,(H2,12,15)/t7-,9+/m1/s1. The molecule has 0 saturated carbocycles. The lowest BCUT2D eigenvalue weighted by molar-refractivity contribution is -0.143. The molecule has 1 rings (SSSR count). The van der Waals surface area contributed by atoms with Crippen LogP contribution in [0.25, 0.3) is 0 Å². The van der Waals surface area contributed by atoms with Crippen LogP contribution in [0.2, 0.25) is 0 Å². The molecule has 1 heterocycles. The molecule has 0 spiro atoms. The summed E-state index contributed by atoms with van der Waals surface area (Å²) in [5, 5.41) is 0. The van der Waals surface area contributed by atoms with E-state index in [2.05, 4.69) is 0 Å². The van der Waals surface area contributed by atoms with Crippen LogP contribution in [0.5, 0.6) is 0 Å². The highest BCUT2D eigenvalue weighted by Crippen LogP contribution is 2.18. The van der Waals surface area contributed by atoms with Crippen LogP contribution >= 0.6 is 0 Å². The van der Waals surface area contributed by atoms with Gasteiger partial charge in [-0.05, 0) is 12.3 Å². The van der Waals surface area contributed by atoms with Crippen molar-refractivity contribution in [2.45, 2.75) is 38.8 Å². The first-order chi connectivity index (χ1) is 6.93. The number of amides is 2. The van der Waals surface area contributed by atoms with Crippen LogP contribution in [0.4, 0.5) is 0 Å². The molecule has 86 valence electrons. The average Bonchev–Trinajstić information content (AvgIpc) is 2.10. The van der Waals surface area contributed by atoms with Gasteiger partial charge in [0.2, 0.25) is 11.8 Å². The zero-order valence-electron chi connectivity index (χ0n) is 9.27. The van der Waals surface area contributed by atoms with Crippen LogP contribution in [-0.4, -0.2) is 35.3 Å². The second-order valence-corrected chi connectivity index (χ2v) is 4.44. The zero-order chi connectivity index (χ0) is 11.6. The lowest BCUT2D eigenvalue weighted by atomic mass is 9.97. The number of hydrogen-bond donors (Lipinski definition) is 2. The smallest absolute Gasteiger partial charge is 0.240 e. The predicted molar refractivity (Wildman–Crippen MR) is 56.7 cm³/mol. The highest BCUT2D eigenvalue weighted by molar-refractivity contribution is 5.87. The molecule has 5 heteroatoms. The van der Waals surface area contributed by atoms with E-state index in [0.717, 1.165) is 0 Å². The fourth-order valence-corrected chi connectivity index (χ4v) is 2.01. The number of carbonyl (C=O) groups is 2. The number of rotatable bonds is 3. The Labute approximate surface area is 89.8 Å². The summed E-state index contributed by atoms with van der Waals surface area (Å²) in [7, 11) is 0. The van der Waals surface area contributed by atoms with E-state index in [1.54, 1.807) is 0 Å². The van der Waals surface area contributed by atoms with Crippen LogP contribution in [0.1, 0.15) is 26.7 Å². The molecule has 2 amide bonds. The molecule has 15 heavy (non-hydrogen) atoms. The van der Waals surface area contributed by atoms with Gasteiger partial charge >= 0.3 is 0 Å². The minimum absolute atomic E-state index is 0.0193. The van der Waals surface area contributed by atoms with Crippen molar-refractivity contribution in [3.8, 4) is 0 Å². The van der Waals surface area contributed by atoms with Crippen molar-refractivity contribution in [3.05, 3.63) is 0 Å². The Morgan fingerprint density at radius 3 is 2.60 bits per heavy atom. The van der Waals surface area contributed by atoms with E-state index >= 15 is 0 Å². The Kier molecular flexibility index (Phi) is 3.68. The summed E-state index contributed by atoms with van der Waals surface area (Å²) in [6.45, 7) is 4.19. The van der Waals surface area contributed by atoms with Crippen LogP contribution in [0.15, 0.2) is 0 Å². The lowest BCUT2D eigenvalue weighted by Gasteiger charge is -2.37. The van der Waals surface area contributed by atoms with Crippen LogP contribution in [0, 0.1) is 5.92 Å². The molecule has 0 radical (unpaired) electrons. The number of primary amides is 1. The van der Waals surface area contributed by atoms with Crippen molar-refractivity contribution < 1.29 is 9.59 Å². The summed E-state index contributed by atoms with van der Waals surface area (Å²) in [5.74, 6) is -0.446. The fourth-order valence-electron chi connectivity index (χ4n) is 2.01. The number of nitrogens with zero attached hydrogens (tertiary/aromatic N) is 1. The van der Waals surface area contributed by atoms with E-state index in [-0.39, 0.29) is 17.9 Å². The summed E-state index contributed by atoms with van der Waals surface area (Å²) in [6, 6.07) is -0.563. The molecule has 2 atom stereocenters. The molecule has 0 aromatic carbocycles. The Bertz CT molecular complexity index is 265. The Morgan fingerprint density at radius 1 is 1.53 bits per heavy atom. The first-order valence-electron chi connectivity index (χ1n) is 5.28. The lowest BCUT2D eigenvalue weighted by Crippen LogP contribution is -2.56. The summed E-state index contributed by atoms with van der Waals surface area (Å²) in [6.07, 6.45) is 1.11. The van der Waals surface area contributed by atoms with Gasteiger partial charge in [-0.15, -0.1) is 0 Å². The summed E-state index contributed by atoms with van der Waals surface area (Å²) >= 11 is 0. The molecule has 0 aliphatic carbocycles. The quantitative estimate of drug-likeness (QED) is 0.659. The number of piperidine rings is 1. The third-order valence-corrected chi connectivity index (χ3v) is 2.74. The normalized spacial score (nSPS) is 24.4. The van der Waals surface area contributed by atoms with Gasteiger partial charge in [0, 0.05) is 19.0 Å². The van der Waals surface area contributed by atoms with E-state index in [0.29, 0.717) is 19.4 Å². The van der Waals surface area contributed by atoms with E-state index in [4.69, 9.17) is 11.5 Å². The SMILES string of the molecule is CC(C)[C@@H](C(N)=O)N1C[C@H](N)CCC1=O. The fraction of sp³-hybridized carbons (Fsp3) is 0.800. The van der Waals surface area contributed by atoms with Crippen molar-refractivity contribution in [1.82, 2.24) is 4.90 Å². The van der Waals surface area contributed by atoms with Gasteiger partial charge in [-0.1, -0.05) is 13.8 Å². The largest absolute Gasteiger partial charge is 0.368 e. The second kappa shape index (κ2) is 4.61. The molecule has 0 unspecified atom stereocenters. The summed E-state index contributed by atoms with van der Waals surface area (Å²) in [4.78, 5) is 24.5. The van der Waals surface area contributed by atoms with Crippen molar-refractivity contribution in [2.24, 2.45) is 17.4 Å². The van der Waals surface area contributed by atoms with Crippen molar-refractivity contribution >= 4 is 11.8 Å². The average molecular weight is 213 g/mol. The molecule has 5 nitrogen and oxygen atoms in total. The zero-order valence-corrected chi connectivity index (χ0v) is 9.27. The Balaban J connectivity index is 2.81. The van der Waals surface area contributed by atoms with E-state index < -0.39 is 11.9 Å². The molecule has 0 bridgehead atoms. The van der Waals surface area contributed by atoms with Crippen molar-refractivity contribution in [2.75, 3.05) is 6.54 Å². The third kappa shape index (κ3) is 2.68. The van der Waals surface area contributed by atoms with Crippen LogP contribution in [-0.2, 0) is 9.59 Å². The molecule has 1 aliphatic heterocycles. The maximum absolute atomic E-state index is 11.7. The maximum atomic E-state index is 11.7. The van der Waals surface area contributed by atoms with Gasteiger partial charge in [0.25, 0.3) is 0 Å². The predicted octanol–water partition coefficient (Wildman–Crippen LogP) is -0.554. The van der Waals surface area contributed by atoms with Gasteiger partial charge in [-0.2, -0.15) is 0 Å². The van der Waals surface area contributed by atoms with Gasteiger partial charge in [0.15, 0.2) is 0 Å². The van der Waals surface area contributed by atoms with Crippen LogP contribution < -0.4 is 11.5 Å². The van der Waals surface area contributed by atoms with Gasteiger partial charge in [-0.3, -0.25) is 9.59 Å².